The first-order chi connectivity index (χ1) is 21.6. The van der Waals surface area contributed by atoms with Crippen LogP contribution in [0.15, 0.2) is 24.3 Å². The van der Waals surface area contributed by atoms with Crippen molar-refractivity contribution in [2.45, 2.75) is 103 Å². The summed E-state index contributed by atoms with van der Waals surface area (Å²) in [6.07, 6.45) is 25.0. The molecule has 0 spiro atoms. The van der Waals surface area contributed by atoms with Gasteiger partial charge < -0.3 is 24.7 Å². The molecule has 46 heavy (non-hydrogen) atoms. The Labute approximate surface area is 296 Å². The number of alkyl carbamates (subject to hydrolysis) is 1. The average Bonchev–Trinajstić information content (AvgIpc) is 3.77. The summed E-state index contributed by atoms with van der Waals surface area (Å²) in [5.74, 6) is 1.96. The van der Waals surface area contributed by atoms with E-state index in [1.54, 1.807) is 6.42 Å². The molecule has 1 saturated heterocycles. The zero-order chi connectivity index (χ0) is 32.5. The molecule has 7 nitrogen and oxygen atoms in total. The zero-order valence-corrected chi connectivity index (χ0v) is 29.8. The number of carbonyl (C=O) groups excluding carboxylic acids is 2. The summed E-state index contributed by atoms with van der Waals surface area (Å²) in [5, 5.41) is 5.73. The minimum atomic E-state index is -0.549. The van der Waals surface area contributed by atoms with Gasteiger partial charge in [0.05, 0.1) is 17.2 Å². The number of hydrogen-bond acceptors (Lipinski definition) is 6. The first-order valence-corrected chi connectivity index (χ1v) is 16.9. The molecule has 10 radical (unpaired) electrons. The number of carbonyl (C=O) groups is 2. The maximum atomic E-state index is 12.5. The largest absolute Gasteiger partial charge is 2.00 e. The molecule has 1 aromatic rings. The predicted molar refractivity (Wildman–Crippen MR) is 185 cm³/mol. The van der Waals surface area contributed by atoms with Crippen LogP contribution in [0.5, 0.6) is 0 Å². The molecule has 0 atom stereocenters. The van der Waals surface area contributed by atoms with E-state index < -0.39 is 24.4 Å². The van der Waals surface area contributed by atoms with Gasteiger partial charge in [0.2, 0.25) is 5.91 Å². The van der Waals surface area contributed by atoms with Gasteiger partial charge in [0, 0.05) is 18.9 Å². The summed E-state index contributed by atoms with van der Waals surface area (Å²) in [5.41, 5.74) is 0.763. The average molecular weight is 691 g/mol. The number of amides is 2. The molecule has 2 saturated carbocycles. The standard InChI is InChI=1S/C31H46BN2O5S.C5H5.Fe/c1-30(2)31(3,4)39-32(38-30)27-16-13-12-15-25(27)23-37-29(36)34-26-19-18-24(21-26)22-33-28(35)17-11-9-7-5-6-8-10-14-20-40;1-2-4-5-3-1;/h12-13,15-16,18-19,21,40H,5-11,14,17,20,22-23H2,1-4H3,(H,33,35)(H,34,36);1-5H;/q;;+2. The van der Waals surface area contributed by atoms with Crippen molar-refractivity contribution in [3.8, 4) is 0 Å². The molecule has 4 rings (SSSR count). The van der Waals surface area contributed by atoms with E-state index in [2.05, 4.69) is 23.3 Å². The minimum absolute atomic E-state index is 0. The SMILES string of the molecule is CC1(C)OB(c2ccccc2COC(=O)N[C]2[CH][CH][C](CNC(=O)CCCCCCCCCCS)[CH]2)OC1(C)C.[CH]1[CH][CH][CH][CH]1.[Fe+2]. The Morgan fingerprint density at radius 3 is 2.00 bits per heavy atom. The topological polar surface area (TPSA) is 85.9 Å². The summed E-state index contributed by atoms with van der Waals surface area (Å²) in [7, 11) is -0.529. The summed E-state index contributed by atoms with van der Waals surface area (Å²) in [4.78, 5) is 24.7. The van der Waals surface area contributed by atoms with Gasteiger partial charge in [-0.25, -0.2) is 4.79 Å². The van der Waals surface area contributed by atoms with Gasteiger partial charge >= 0.3 is 30.3 Å². The van der Waals surface area contributed by atoms with Crippen molar-refractivity contribution < 1.29 is 40.7 Å². The third-order valence-corrected chi connectivity index (χ3v) is 8.66. The number of rotatable bonds is 16. The van der Waals surface area contributed by atoms with Crippen molar-refractivity contribution in [2.75, 3.05) is 12.3 Å². The number of unbranched alkanes of at least 4 members (excludes halogenated alkanes) is 7. The summed E-state index contributed by atoms with van der Waals surface area (Å²) >= 11 is 4.24. The van der Waals surface area contributed by atoms with Gasteiger partial charge in [-0.2, -0.15) is 12.6 Å². The summed E-state index contributed by atoms with van der Waals surface area (Å²) in [6.45, 7) is 8.56. The molecular weight excluding hydrogens is 639 g/mol. The third-order valence-electron chi connectivity index (χ3n) is 8.34. The number of ether oxygens (including phenoxy) is 1. The van der Waals surface area contributed by atoms with Crippen LogP contribution in [0, 0.1) is 63.3 Å². The molecule has 250 valence electrons. The van der Waals surface area contributed by atoms with Crippen LogP contribution in [-0.2, 0) is 42.5 Å². The van der Waals surface area contributed by atoms with Gasteiger partial charge in [0.25, 0.3) is 0 Å². The van der Waals surface area contributed by atoms with E-state index in [4.69, 9.17) is 14.0 Å². The molecule has 3 fully saturated rings. The van der Waals surface area contributed by atoms with Crippen LogP contribution in [0.3, 0.4) is 0 Å². The van der Waals surface area contributed by atoms with Crippen LogP contribution in [0.1, 0.15) is 91.0 Å². The number of thiol groups is 1. The third kappa shape index (κ3) is 14.5. The van der Waals surface area contributed by atoms with Crippen molar-refractivity contribution >= 4 is 37.2 Å². The van der Waals surface area contributed by atoms with Gasteiger partial charge in [-0.15, -0.1) is 0 Å². The smallest absolute Gasteiger partial charge is 0.445 e. The fourth-order valence-electron chi connectivity index (χ4n) is 4.91. The molecule has 2 amide bonds. The fraction of sp³-hybridized carbons (Fsp3) is 0.500. The number of hydrogen-bond donors (Lipinski definition) is 3. The second-order valence-electron chi connectivity index (χ2n) is 12.5. The Bertz CT molecular complexity index is 1000. The first-order valence-electron chi connectivity index (χ1n) is 16.3. The van der Waals surface area contributed by atoms with Gasteiger partial charge in [0.1, 0.15) is 6.61 Å². The van der Waals surface area contributed by atoms with E-state index in [1.807, 2.05) is 96.9 Å². The molecule has 10 heteroatoms. The Morgan fingerprint density at radius 2 is 1.39 bits per heavy atom. The van der Waals surface area contributed by atoms with Gasteiger partial charge in [-0.3, -0.25) is 4.79 Å². The Morgan fingerprint density at radius 1 is 0.826 bits per heavy atom. The normalized spacial score (nSPS) is 18.8. The van der Waals surface area contributed by atoms with Crippen molar-refractivity contribution in [1.82, 2.24) is 10.6 Å². The van der Waals surface area contributed by atoms with Gasteiger partial charge in [0.15, 0.2) is 0 Å². The van der Waals surface area contributed by atoms with Gasteiger partial charge in [-0.05, 0) is 109 Å². The van der Waals surface area contributed by atoms with E-state index in [-0.39, 0.29) is 29.6 Å². The van der Waals surface area contributed by atoms with Crippen LogP contribution in [0.4, 0.5) is 4.79 Å². The van der Waals surface area contributed by atoms with Crippen LogP contribution >= 0.6 is 12.6 Å². The van der Waals surface area contributed by atoms with Crippen molar-refractivity contribution in [3.63, 3.8) is 0 Å². The van der Waals surface area contributed by atoms with E-state index in [1.165, 1.54) is 38.5 Å². The molecule has 2 N–H and O–H groups in total. The van der Waals surface area contributed by atoms with Crippen molar-refractivity contribution in [1.29, 1.82) is 0 Å². The first kappa shape index (κ1) is 41.0. The molecule has 1 aliphatic heterocycles. The molecule has 1 heterocycles. The van der Waals surface area contributed by atoms with Gasteiger partial charge in [-0.1, -0.05) is 62.8 Å². The molecule has 0 unspecified atom stereocenters. The van der Waals surface area contributed by atoms with E-state index in [0.717, 1.165) is 35.5 Å². The van der Waals surface area contributed by atoms with Crippen molar-refractivity contribution in [3.05, 3.63) is 93.2 Å². The summed E-state index contributed by atoms with van der Waals surface area (Å²) in [6, 6.07) is 8.29. The molecule has 2 aliphatic carbocycles. The monoisotopic (exact) mass is 690 g/mol. The zero-order valence-electron chi connectivity index (χ0n) is 27.8. The minimum Gasteiger partial charge on any atom is -0.445 e. The summed E-state index contributed by atoms with van der Waals surface area (Å²) < 4.78 is 17.9. The Balaban J connectivity index is 0.00000112. The maximum absolute atomic E-state index is 12.5. The van der Waals surface area contributed by atoms with Crippen LogP contribution in [-0.4, -0.2) is 42.6 Å². The second-order valence-corrected chi connectivity index (χ2v) is 13.0. The quantitative estimate of drug-likeness (QED) is 0.105. The van der Waals surface area contributed by atoms with E-state index >= 15 is 0 Å². The van der Waals surface area contributed by atoms with Crippen LogP contribution in [0.25, 0.3) is 0 Å². The fourth-order valence-corrected chi connectivity index (χ4v) is 5.13. The second kappa shape index (κ2) is 21.7. The predicted octanol–water partition coefficient (Wildman–Crippen LogP) is 6.52. The molecule has 0 bridgehead atoms. The molecule has 1 aromatic carbocycles. The van der Waals surface area contributed by atoms with E-state index in [0.29, 0.717) is 19.0 Å². The number of benzene rings is 1. The van der Waals surface area contributed by atoms with Crippen LogP contribution < -0.4 is 16.1 Å². The Hall–Kier alpha value is -1.19. The number of nitrogens with one attached hydrogen (secondary N) is 2. The Kier molecular flexibility index (Phi) is 19.3. The molecular formula is C36H51BFeN2O5S+2. The maximum Gasteiger partial charge on any atom is 2.00 e. The van der Waals surface area contributed by atoms with Crippen LogP contribution in [0.2, 0.25) is 0 Å². The molecule has 3 aliphatic rings. The van der Waals surface area contributed by atoms with Crippen molar-refractivity contribution in [2.24, 2.45) is 0 Å². The molecule has 0 aromatic heterocycles. The van der Waals surface area contributed by atoms with E-state index in [9.17, 15) is 9.59 Å².